The second-order valence-electron chi connectivity index (χ2n) is 6.67. The van der Waals surface area contributed by atoms with E-state index in [4.69, 9.17) is 0 Å². The number of anilines is 2. The molecular formula is C23H20N2O2. The van der Waals surface area contributed by atoms with Crippen molar-refractivity contribution in [2.75, 3.05) is 23.9 Å². The molecule has 2 aromatic rings. The maximum atomic E-state index is 12.4. The molecule has 27 heavy (non-hydrogen) atoms. The Hall–Kier alpha value is -3.40. The Balaban J connectivity index is 1.53. The molecule has 4 heteroatoms. The number of hydrogen-bond donors (Lipinski definition) is 0. The van der Waals surface area contributed by atoms with Gasteiger partial charge in [0.2, 0.25) is 5.91 Å². The number of allylic oxidation sites excluding steroid dienone is 4. The predicted octanol–water partition coefficient (Wildman–Crippen LogP) is 3.92. The first-order chi connectivity index (χ1) is 13.1. The van der Waals surface area contributed by atoms with Crippen molar-refractivity contribution in [3.05, 3.63) is 90.0 Å². The number of likely N-dealkylation sites (N-methyl/N-ethyl adjacent to an activating group) is 2. The van der Waals surface area contributed by atoms with E-state index in [0.717, 1.165) is 22.5 Å². The Morgan fingerprint density at radius 1 is 0.815 bits per heavy atom. The Bertz CT molecular complexity index is 1020. The third-order valence-electron chi connectivity index (χ3n) is 5.11. The fourth-order valence-electron chi connectivity index (χ4n) is 3.65. The zero-order valence-electron chi connectivity index (χ0n) is 15.3. The van der Waals surface area contributed by atoms with Crippen LogP contribution in [0.25, 0.3) is 5.57 Å². The van der Waals surface area contributed by atoms with Crippen LogP contribution >= 0.6 is 0 Å². The first-order valence-corrected chi connectivity index (χ1v) is 8.88. The number of amides is 2. The molecule has 2 aliphatic rings. The maximum Gasteiger partial charge on any atom is 0.258 e. The van der Waals surface area contributed by atoms with Gasteiger partial charge in [0.25, 0.3) is 5.91 Å². The van der Waals surface area contributed by atoms with Crippen molar-refractivity contribution >= 4 is 28.8 Å². The maximum absolute atomic E-state index is 12.4. The zero-order chi connectivity index (χ0) is 19.0. The molecule has 0 bridgehead atoms. The molecular weight excluding hydrogens is 336 g/mol. The lowest BCUT2D eigenvalue weighted by atomic mass is 10.0. The van der Waals surface area contributed by atoms with Gasteiger partial charge in [-0.25, -0.2) is 0 Å². The van der Waals surface area contributed by atoms with Crippen molar-refractivity contribution < 1.29 is 9.59 Å². The van der Waals surface area contributed by atoms with Gasteiger partial charge in [-0.3, -0.25) is 9.59 Å². The van der Waals surface area contributed by atoms with Crippen LogP contribution in [-0.4, -0.2) is 25.9 Å². The van der Waals surface area contributed by atoms with Crippen molar-refractivity contribution in [3.63, 3.8) is 0 Å². The van der Waals surface area contributed by atoms with Crippen molar-refractivity contribution in [1.82, 2.24) is 0 Å². The molecule has 0 radical (unpaired) electrons. The lowest BCUT2D eigenvalue weighted by Gasteiger charge is -2.08. The zero-order valence-corrected chi connectivity index (χ0v) is 15.3. The van der Waals surface area contributed by atoms with Crippen LogP contribution in [0.2, 0.25) is 0 Å². The minimum absolute atomic E-state index is 0.00801. The molecule has 0 fully saturated rings. The standard InChI is InChI=1S/C23H20N2O2/c1-24-20-14-8-6-10-16(20)18(22(24)26)12-4-3-5-13-19-17-11-7-9-15-21(17)25(2)23(19)27/h3-15,18H,1-2H3. The summed E-state index contributed by atoms with van der Waals surface area (Å²) in [5.41, 5.74) is 4.53. The molecule has 4 rings (SSSR count). The van der Waals surface area contributed by atoms with Gasteiger partial charge in [0.05, 0.1) is 11.6 Å². The highest BCUT2D eigenvalue weighted by molar-refractivity contribution is 6.32. The minimum Gasteiger partial charge on any atom is -0.314 e. The Morgan fingerprint density at radius 3 is 2.33 bits per heavy atom. The molecule has 2 heterocycles. The van der Waals surface area contributed by atoms with Gasteiger partial charge in [-0.2, -0.15) is 0 Å². The molecule has 0 spiro atoms. The van der Waals surface area contributed by atoms with Gasteiger partial charge in [0, 0.05) is 30.9 Å². The fourth-order valence-corrected chi connectivity index (χ4v) is 3.65. The first kappa shape index (κ1) is 17.0. The van der Waals surface area contributed by atoms with Gasteiger partial charge >= 0.3 is 0 Å². The number of para-hydroxylation sites is 2. The summed E-state index contributed by atoms with van der Waals surface area (Å²) in [4.78, 5) is 28.2. The van der Waals surface area contributed by atoms with Gasteiger partial charge in [-0.1, -0.05) is 60.7 Å². The normalized spacial score (nSPS) is 20.4. The second kappa shape index (κ2) is 6.72. The molecule has 1 unspecified atom stereocenters. The number of benzene rings is 2. The van der Waals surface area contributed by atoms with Crippen LogP contribution in [0.3, 0.4) is 0 Å². The van der Waals surface area contributed by atoms with Crippen LogP contribution in [0.15, 0.2) is 78.9 Å². The summed E-state index contributed by atoms with van der Waals surface area (Å²) < 4.78 is 0. The van der Waals surface area contributed by atoms with E-state index in [9.17, 15) is 9.59 Å². The number of nitrogens with zero attached hydrogens (tertiary/aromatic N) is 2. The van der Waals surface area contributed by atoms with Gasteiger partial charge < -0.3 is 9.80 Å². The molecule has 134 valence electrons. The Kier molecular flexibility index (Phi) is 4.24. The molecule has 0 N–H and O–H groups in total. The van der Waals surface area contributed by atoms with Crippen LogP contribution in [0, 0.1) is 0 Å². The topological polar surface area (TPSA) is 40.6 Å². The molecule has 2 aromatic carbocycles. The highest BCUT2D eigenvalue weighted by atomic mass is 16.2. The van der Waals surface area contributed by atoms with E-state index >= 15 is 0 Å². The lowest BCUT2D eigenvalue weighted by molar-refractivity contribution is -0.118. The third kappa shape index (κ3) is 2.79. The SMILES string of the molecule is CN1C(=O)C(=CC=CC=CC2C(=O)N(C)c3ccccc32)c2ccccc21. The quantitative estimate of drug-likeness (QED) is 0.618. The highest BCUT2D eigenvalue weighted by Gasteiger charge is 2.32. The van der Waals surface area contributed by atoms with E-state index in [1.165, 1.54) is 0 Å². The molecule has 0 aromatic heterocycles. The number of hydrogen-bond acceptors (Lipinski definition) is 2. The summed E-state index contributed by atoms with van der Waals surface area (Å²) in [6, 6.07) is 15.6. The predicted molar refractivity (Wildman–Crippen MR) is 109 cm³/mol. The Morgan fingerprint density at radius 2 is 1.52 bits per heavy atom. The largest absolute Gasteiger partial charge is 0.314 e. The summed E-state index contributed by atoms with van der Waals surface area (Å²) in [6.07, 6.45) is 9.29. The number of carbonyl (C=O) groups is 2. The molecule has 0 saturated heterocycles. The molecule has 2 aliphatic heterocycles. The minimum atomic E-state index is -0.261. The summed E-state index contributed by atoms with van der Waals surface area (Å²) in [5.74, 6) is -0.199. The van der Waals surface area contributed by atoms with Crippen LogP contribution in [0.5, 0.6) is 0 Å². The van der Waals surface area contributed by atoms with Crippen LogP contribution in [-0.2, 0) is 9.59 Å². The average Bonchev–Trinajstić information content (AvgIpc) is 3.08. The monoisotopic (exact) mass is 356 g/mol. The van der Waals surface area contributed by atoms with Crippen LogP contribution < -0.4 is 9.80 Å². The number of carbonyl (C=O) groups excluding carboxylic acids is 2. The fraction of sp³-hybridized carbons (Fsp3) is 0.130. The Labute approximate surface area is 158 Å². The van der Waals surface area contributed by atoms with Gasteiger partial charge in [-0.05, 0) is 23.8 Å². The smallest absolute Gasteiger partial charge is 0.258 e. The lowest BCUT2D eigenvalue weighted by Crippen LogP contribution is -2.23. The third-order valence-corrected chi connectivity index (χ3v) is 5.11. The molecule has 1 atom stereocenters. The van der Waals surface area contributed by atoms with E-state index in [1.54, 1.807) is 23.9 Å². The number of fused-ring (bicyclic) bond motifs is 2. The molecule has 2 amide bonds. The van der Waals surface area contributed by atoms with Crippen molar-refractivity contribution in [1.29, 1.82) is 0 Å². The van der Waals surface area contributed by atoms with Crippen LogP contribution in [0.4, 0.5) is 11.4 Å². The molecule has 0 aliphatic carbocycles. The van der Waals surface area contributed by atoms with E-state index in [2.05, 4.69) is 0 Å². The average molecular weight is 356 g/mol. The van der Waals surface area contributed by atoms with E-state index in [1.807, 2.05) is 78.9 Å². The van der Waals surface area contributed by atoms with Crippen molar-refractivity contribution in [3.8, 4) is 0 Å². The van der Waals surface area contributed by atoms with Crippen LogP contribution in [0.1, 0.15) is 17.0 Å². The summed E-state index contributed by atoms with van der Waals surface area (Å²) in [7, 11) is 3.58. The summed E-state index contributed by atoms with van der Waals surface area (Å²) >= 11 is 0. The highest BCUT2D eigenvalue weighted by Crippen LogP contribution is 2.37. The first-order valence-electron chi connectivity index (χ1n) is 8.88. The van der Waals surface area contributed by atoms with Gasteiger partial charge in [-0.15, -0.1) is 0 Å². The molecule has 0 saturated carbocycles. The summed E-state index contributed by atoms with van der Waals surface area (Å²) in [6.45, 7) is 0. The van der Waals surface area contributed by atoms with E-state index in [0.29, 0.717) is 5.57 Å². The van der Waals surface area contributed by atoms with Crippen molar-refractivity contribution in [2.24, 2.45) is 0 Å². The van der Waals surface area contributed by atoms with Gasteiger partial charge in [0.15, 0.2) is 0 Å². The van der Waals surface area contributed by atoms with Crippen molar-refractivity contribution in [2.45, 2.75) is 5.92 Å². The van der Waals surface area contributed by atoms with E-state index in [-0.39, 0.29) is 17.7 Å². The van der Waals surface area contributed by atoms with Gasteiger partial charge in [0.1, 0.15) is 0 Å². The molecule has 4 nitrogen and oxygen atoms in total. The van der Waals surface area contributed by atoms with E-state index < -0.39 is 0 Å². The summed E-state index contributed by atoms with van der Waals surface area (Å²) in [5, 5.41) is 0. The number of rotatable bonds is 3. The second-order valence-corrected chi connectivity index (χ2v) is 6.67.